The van der Waals surface area contributed by atoms with E-state index in [0.717, 1.165) is 11.1 Å². The van der Waals surface area contributed by atoms with Crippen LogP contribution in [0.2, 0.25) is 0 Å². The summed E-state index contributed by atoms with van der Waals surface area (Å²) in [5.74, 6) is -0.962. The summed E-state index contributed by atoms with van der Waals surface area (Å²) in [4.78, 5) is 10.6. The van der Waals surface area contributed by atoms with Crippen molar-refractivity contribution in [1.29, 1.82) is 0 Å². The zero-order valence-electron chi connectivity index (χ0n) is 10.9. The molecule has 2 aromatic carbocycles. The standard InChI is InChI=1S/C15H18N2O2/c1-10-2-3-12-9-13(5-4-11(12)8-10)17-7-6-14(16)15(18)19/h2-5,8-9,14,17H,6-7,16H2,1H3,(H,18,19). The van der Waals surface area contributed by atoms with Crippen molar-refractivity contribution in [3.63, 3.8) is 0 Å². The van der Waals surface area contributed by atoms with Crippen LogP contribution in [0.5, 0.6) is 0 Å². The van der Waals surface area contributed by atoms with Crippen LogP contribution in [-0.4, -0.2) is 23.7 Å². The number of anilines is 1. The maximum Gasteiger partial charge on any atom is 0.320 e. The molecule has 2 aromatic rings. The van der Waals surface area contributed by atoms with Gasteiger partial charge >= 0.3 is 5.97 Å². The van der Waals surface area contributed by atoms with Crippen molar-refractivity contribution >= 4 is 22.4 Å². The lowest BCUT2D eigenvalue weighted by Gasteiger charge is -2.10. The van der Waals surface area contributed by atoms with Crippen LogP contribution in [-0.2, 0) is 4.79 Å². The van der Waals surface area contributed by atoms with E-state index in [0.29, 0.717) is 13.0 Å². The summed E-state index contributed by atoms with van der Waals surface area (Å²) in [7, 11) is 0. The molecule has 4 heteroatoms. The fourth-order valence-corrected chi connectivity index (χ4v) is 1.97. The van der Waals surface area contributed by atoms with Crippen LogP contribution < -0.4 is 11.1 Å². The van der Waals surface area contributed by atoms with Crippen molar-refractivity contribution in [2.24, 2.45) is 5.73 Å². The van der Waals surface area contributed by atoms with E-state index in [-0.39, 0.29) is 0 Å². The average molecular weight is 258 g/mol. The first kappa shape index (κ1) is 13.4. The van der Waals surface area contributed by atoms with Crippen molar-refractivity contribution in [2.45, 2.75) is 19.4 Å². The molecular formula is C15H18N2O2. The van der Waals surface area contributed by atoms with Crippen molar-refractivity contribution in [2.75, 3.05) is 11.9 Å². The molecule has 0 aliphatic heterocycles. The van der Waals surface area contributed by atoms with Gasteiger partial charge in [-0.25, -0.2) is 0 Å². The first-order valence-corrected chi connectivity index (χ1v) is 6.29. The monoisotopic (exact) mass is 258 g/mol. The highest BCUT2D eigenvalue weighted by atomic mass is 16.4. The Labute approximate surface area is 112 Å². The zero-order chi connectivity index (χ0) is 13.8. The summed E-state index contributed by atoms with van der Waals surface area (Å²) in [5.41, 5.74) is 7.67. The van der Waals surface area contributed by atoms with Gasteiger partial charge < -0.3 is 16.2 Å². The first-order valence-electron chi connectivity index (χ1n) is 6.29. The fraction of sp³-hybridized carbons (Fsp3) is 0.267. The number of aryl methyl sites for hydroxylation is 1. The molecule has 0 fully saturated rings. The summed E-state index contributed by atoms with van der Waals surface area (Å²) < 4.78 is 0. The van der Waals surface area contributed by atoms with Gasteiger partial charge in [0.05, 0.1) is 0 Å². The smallest absolute Gasteiger partial charge is 0.320 e. The number of carboxylic acids is 1. The second-order valence-electron chi connectivity index (χ2n) is 4.73. The minimum atomic E-state index is -0.962. The van der Waals surface area contributed by atoms with Crippen LogP contribution in [0.1, 0.15) is 12.0 Å². The van der Waals surface area contributed by atoms with Gasteiger partial charge in [-0.2, -0.15) is 0 Å². The van der Waals surface area contributed by atoms with E-state index in [1.165, 1.54) is 10.9 Å². The molecule has 100 valence electrons. The maximum atomic E-state index is 10.6. The number of aliphatic carboxylic acids is 1. The number of benzene rings is 2. The van der Waals surface area contributed by atoms with Crippen molar-refractivity contribution in [1.82, 2.24) is 0 Å². The lowest BCUT2D eigenvalue weighted by atomic mass is 10.1. The highest BCUT2D eigenvalue weighted by Crippen LogP contribution is 2.20. The van der Waals surface area contributed by atoms with Crippen molar-refractivity contribution < 1.29 is 9.90 Å². The van der Waals surface area contributed by atoms with Gasteiger partial charge in [-0.15, -0.1) is 0 Å². The van der Waals surface area contributed by atoms with E-state index in [4.69, 9.17) is 10.8 Å². The number of carboxylic acid groups (broad SMARTS) is 1. The minimum absolute atomic E-state index is 0.404. The second kappa shape index (κ2) is 5.71. The summed E-state index contributed by atoms with van der Waals surface area (Å²) in [6.45, 7) is 2.61. The van der Waals surface area contributed by atoms with Gasteiger partial charge in [0.25, 0.3) is 0 Å². The molecule has 19 heavy (non-hydrogen) atoms. The van der Waals surface area contributed by atoms with Gasteiger partial charge in [0.15, 0.2) is 0 Å². The Bertz CT molecular complexity index is 596. The van der Waals surface area contributed by atoms with Gasteiger partial charge in [-0.1, -0.05) is 29.8 Å². The van der Waals surface area contributed by atoms with Crippen LogP contribution in [0.15, 0.2) is 36.4 Å². The Kier molecular flexibility index (Phi) is 4.02. The van der Waals surface area contributed by atoms with E-state index >= 15 is 0 Å². The molecular weight excluding hydrogens is 240 g/mol. The lowest BCUT2D eigenvalue weighted by Crippen LogP contribution is -2.32. The molecule has 0 saturated carbocycles. The number of carbonyl (C=O) groups is 1. The second-order valence-corrected chi connectivity index (χ2v) is 4.73. The predicted octanol–water partition coefficient (Wildman–Crippen LogP) is 2.36. The molecule has 0 bridgehead atoms. The molecule has 4 N–H and O–H groups in total. The van der Waals surface area contributed by atoms with Gasteiger partial charge in [-0.05, 0) is 36.2 Å². The molecule has 0 aromatic heterocycles. The normalized spacial score (nSPS) is 12.3. The summed E-state index contributed by atoms with van der Waals surface area (Å²) in [6, 6.07) is 11.6. The molecule has 1 atom stereocenters. The summed E-state index contributed by atoms with van der Waals surface area (Å²) >= 11 is 0. The molecule has 4 nitrogen and oxygen atoms in total. The van der Waals surface area contributed by atoms with Gasteiger partial charge in [0.1, 0.15) is 6.04 Å². The zero-order valence-corrected chi connectivity index (χ0v) is 10.9. The molecule has 0 amide bonds. The Morgan fingerprint density at radius 3 is 2.68 bits per heavy atom. The topological polar surface area (TPSA) is 75.3 Å². The van der Waals surface area contributed by atoms with Crippen LogP contribution in [0, 0.1) is 6.92 Å². The third kappa shape index (κ3) is 3.45. The molecule has 0 aliphatic carbocycles. The Morgan fingerprint density at radius 2 is 1.95 bits per heavy atom. The van der Waals surface area contributed by atoms with E-state index in [2.05, 4.69) is 42.6 Å². The number of fused-ring (bicyclic) bond motifs is 1. The maximum absolute atomic E-state index is 10.6. The quantitative estimate of drug-likeness (QED) is 0.769. The van der Waals surface area contributed by atoms with E-state index in [9.17, 15) is 4.79 Å². The first-order chi connectivity index (χ1) is 9.06. The SMILES string of the molecule is Cc1ccc2cc(NCCC(N)C(=O)O)ccc2c1. The van der Waals surface area contributed by atoms with Crippen LogP contribution in [0.25, 0.3) is 10.8 Å². The third-order valence-electron chi connectivity index (χ3n) is 3.10. The molecule has 0 heterocycles. The molecule has 0 saturated heterocycles. The largest absolute Gasteiger partial charge is 0.480 e. The Hall–Kier alpha value is -2.07. The molecule has 2 rings (SSSR count). The van der Waals surface area contributed by atoms with Crippen LogP contribution in [0.4, 0.5) is 5.69 Å². The lowest BCUT2D eigenvalue weighted by molar-refractivity contribution is -0.138. The average Bonchev–Trinajstić information content (AvgIpc) is 2.38. The van der Waals surface area contributed by atoms with E-state index in [1.807, 2.05) is 6.07 Å². The highest BCUT2D eigenvalue weighted by Gasteiger charge is 2.10. The fourth-order valence-electron chi connectivity index (χ4n) is 1.97. The van der Waals surface area contributed by atoms with Crippen LogP contribution >= 0.6 is 0 Å². The molecule has 0 radical (unpaired) electrons. The Balaban J connectivity index is 2.02. The van der Waals surface area contributed by atoms with Gasteiger partial charge in [-0.3, -0.25) is 4.79 Å². The van der Waals surface area contributed by atoms with Crippen molar-refractivity contribution in [3.8, 4) is 0 Å². The Morgan fingerprint density at radius 1 is 1.26 bits per heavy atom. The molecule has 0 spiro atoms. The van der Waals surface area contributed by atoms with Crippen LogP contribution in [0.3, 0.4) is 0 Å². The minimum Gasteiger partial charge on any atom is -0.480 e. The van der Waals surface area contributed by atoms with Gasteiger partial charge in [0, 0.05) is 12.2 Å². The highest BCUT2D eigenvalue weighted by molar-refractivity contribution is 5.86. The number of nitrogens with two attached hydrogens (primary N) is 1. The summed E-state index contributed by atoms with van der Waals surface area (Å²) in [5, 5.41) is 14.3. The molecule has 0 aliphatic rings. The predicted molar refractivity (Wildman–Crippen MR) is 77.4 cm³/mol. The summed E-state index contributed by atoms with van der Waals surface area (Å²) in [6.07, 6.45) is 0.404. The third-order valence-corrected chi connectivity index (χ3v) is 3.10. The van der Waals surface area contributed by atoms with Gasteiger partial charge in [0.2, 0.25) is 0 Å². The number of hydrogen-bond donors (Lipinski definition) is 3. The molecule has 1 unspecified atom stereocenters. The van der Waals surface area contributed by atoms with E-state index in [1.54, 1.807) is 0 Å². The van der Waals surface area contributed by atoms with E-state index < -0.39 is 12.0 Å². The number of hydrogen-bond acceptors (Lipinski definition) is 3. The number of nitrogens with one attached hydrogen (secondary N) is 1. The van der Waals surface area contributed by atoms with Crippen molar-refractivity contribution in [3.05, 3.63) is 42.0 Å². The number of rotatable bonds is 5.